The summed E-state index contributed by atoms with van der Waals surface area (Å²) in [7, 11) is 0. The van der Waals surface area contributed by atoms with Crippen molar-refractivity contribution in [3.63, 3.8) is 0 Å². The first kappa shape index (κ1) is 10.5. The largest absolute Gasteiger partial charge is 0.355 e. The summed E-state index contributed by atoms with van der Waals surface area (Å²) >= 11 is 0. The van der Waals surface area contributed by atoms with E-state index in [-0.39, 0.29) is 11.8 Å². The number of aromatic nitrogens is 2. The lowest BCUT2D eigenvalue weighted by atomic mass is 10.2. The number of fused-ring (bicyclic) bond motifs is 2. The molecule has 3 rings (SSSR count). The van der Waals surface area contributed by atoms with Gasteiger partial charge in [-0.3, -0.25) is 14.5 Å². The van der Waals surface area contributed by atoms with Crippen LogP contribution in [0.15, 0.2) is 12.4 Å². The van der Waals surface area contributed by atoms with Gasteiger partial charge in [-0.15, -0.1) is 0 Å². The molecule has 1 N–H and O–H groups in total. The molecule has 2 aliphatic rings. The quantitative estimate of drug-likeness (QED) is 0.740. The number of likely N-dealkylation sites (tertiary alicyclic amines) is 1. The monoisotopic (exact) mass is 235 g/mol. The highest BCUT2D eigenvalue weighted by Crippen LogP contribution is 2.28. The van der Waals surface area contributed by atoms with Gasteiger partial charge in [0.1, 0.15) is 18.0 Å². The third kappa shape index (κ3) is 1.74. The average Bonchev–Trinajstić information content (AvgIpc) is 2.97. The van der Waals surface area contributed by atoms with E-state index in [1.165, 1.54) is 4.90 Å². The first-order valence-electron chi connectivity index (χ1n) is 5.74. The van der Waals surface area contributed by atoms with E-state index in [1.54, 1.807) is 12.4 Å². The maximum atomic E-state index is 11.9. The Morgan fingerprint density at radius 1 is 1.35 bits per heavy atom. The number of hydrogen-bond donors (Lipinski definition) is 1. The van der Waals surface area contributed by atoms with Crippen LogP contribution in [0, 0.1) is 0 Å². The fourth-order valence-electron chi connectivity index (χ4n) is 2.33. The van der Waals surface area contributed by atoms with Crippen LogP contribution < -0.4 is 0 Å². The van der Waals surface area contributed by atoms with Gasteiger partial charge in [-0.05, 0) is 12.8 Å². The Kier molecular flexibility index (Phi) is 2.44. The molecular weight excluding hydrogens is 222 g/mol. The maximum absolute atomic E-state index is 11.9. The maximum Gasteiger partial charge on any atom is 0.258 e. The van der Waals surface area contributed by atoms with E-state index in [1.807, 2.05) is 0 Å². The lowest BCUT2D eigenvalue weighted by Gasteiger charge is -2.29. The van der Waals surface area contributed by atoms with Crippen LogP contribution in [0.1, 0.15) is 18.7 Å². The molecule has 3 heterocycles. The summed E-state index contributed by atoms with van der Waals surface area (Å²) in [5.74, 6) is 0.384. The predicted molar refractivity (Wildman–Crippen MR) is 56.9 cm³/mol. The number of imide groups is 1. The molecule has 0 saturated carbocycles. The molecular formula is C11H13N3O3. The summed E-state index contributed by atoms with van der Waals surface area (Å²) in [6, 6.07) is 0. The van der Waals surface area contributed by atoms with Gasteiger partial charge in [0, 0.05) is 25.4 Å². The zero-order chi connectivity index (χ0) is 11.8. The minimum absolute atomic E-state index is 0.199. The van der Waals surface area contributed by atoms with Crippen LogP contribution in [0.2, 0.25) is 0 Å². The summed E-state index contributed by atoms with van der Waals surface area (Å²) in [6.45, 7) is 0.377. The molecule has 2 atom stereocenters. The zero-order valence-electron chi connectivity index (χ0n) is 9.26. The molecule has 0 spiro atoms. The smallest absolute Gasteiger partial charge is 0.258 e. The predicted octanol–water partition coefficient (Wildman–Crippen LogP) is -0.131. The number of carbonyl (C=O) groups is 2. The molecule has 2 unspecified atom stereocenters. The molecule has 6 nitrogen and oxygen atoms in total. The fourth-order valence-corrected chi connectivity index (χ4v) is 2.33. The minimum atomic E-state index is -0.408. The molecule has 17 heavy (non-hydrogen) atoms. The SMILES string of the molecule is O=C1C2CCC(O2)C(=O)N1CCc1ncc[nH]1. The third-order valence-corrected chi connectivity index (χ3v) is 3.23. The Balaban J connectivity index is 1.69. The van der Waals surface area contributed by atoms with Gasteiger partial charge < -0.3 is 9.72 Å². The zero-order valence-corrected chi connectivity index (χ0v) is 9.26. The highest BCUT2D eigenvalue weighted by Gasteiger charge is 2.46. The molecule has 1 aromatic rings. The van der Waals surface area contributed by atoms with E-state index in [4.69, 9.17) is 4.74 Å². The summed E-state index contributed by atoms with van der Waals surface area (Å²) in [5, 5.41) is 0. The summed E-state index contributed by atoms with van der Waals surface area (Å²) < 4.78 is 5.32. The van der Waals surface area contributed by atoms with E-state index in [9.17, 15) is 9.59 Å². The van der Waals surface area contributed by atoms with Crippen molar-refractivity contribution in [3.8, 4) is 0 Å². The van der Waals surface area contributed by atoms with E-state index in [0.717, 1.165) is 5.82 Å². The van der Waals surface area contributed by atoms with Gasteiger partial charge in [0.2, 0.25) is 0 Å². The molecule has 2 aliphatic heterocycles. The van der Waals surface area contributed by atoms with Gasteiger partial charge in [-0.2, -0.15) is 0 Å². The molecule has 0 aliphatic carbocycles. The van der Waals surface area contributed by atoms with Crippen LogP contribution in [-0.2, 0) is 20.7 Å². The van der Waals surface area contributed by atoms with Crippen molar-refractivity contribution in [3.05, 3.63) is 18.2 Å². The number of hydrogen-bond acceptors (Lipinski definition) is 4. The molecule has 2 amide bonds. The van der Waals surface area contributed by atoms with Crippen LogP contribution >= 0.6 is 0 Å². The molecule has 2 saturated heterocycles. The number of imidazole rings is 1. The fraction of sp³-hybridized carbons (Fsp3) is 0.545. The number of morpholine rings is 1. The van der Waals surface area contributed by atoms with Crippen LogP contribution in [0.3, 0.4) is 0 Å². The Labute approximate surface area is 98.0 Å². The van der Waals surface area contributed by atoms with Crippen LogP contribution in [0.25, 0.3) is 0 Å². The molecule has 0 aromatic carbocycles. The van der Waals surface area contributed by atoms with Gasteiger partial charge in [0.05, 0.1) is 0 Å². The highest BCUT2D eigenvalue weighted by molar-refractivity contribution is 6.02. The van der Waals surface area contributed by atoms with Crippen molar-refractivity contribution in [2.45, 2.75) is 31.5 Å². The second-order valence-electron chi connectivity index (χ2n) is 4.30. The Morgan fingerprint density at radius 3 is 2.65 bits per heavy atom. The number of aromatic amines is 1. The first-order valence-corrected chi connectivity index (χ1v) is 5.74. The van der Waals surface area contributed by atoms with E-state index < -0.39 is 12.2 Å². The summed E-state index contributed by atoms with van der Waals surface area (Å²) in [5.41, 5.74) is 0. The standard InChI is InChI=1S/C11H13N3O3/c15-10-7-1-2-8(17-7)11(16)14(10)6-3-9-12-4-5-13-9/h4-5,7-8H,1-3,6H2,(H,12,13). The van der Waals surface area contributed by atoms with Crippen molar-refractivity contribution in [2.24, 2.45) is 0 Å². The van der Waals surface area contributed by atoms with Crippen molar-refractivity contribution < 1.29 is 14.3 Å². The van der Waals surface area contributed by atoms with Crippen molar-refractivity contribution >= 4 is 11.8 Å². The lowest BCUT2D eigenvalue weighted by Crippen LogP contribution is -2.52. The number of carbonyl (C=O) groups excluding carboxylic acids is 2. The Bertz CT molecular complexity index is 421. The van der Waals surface area contributed by atoms with E-state index >= 15 is 0 Å². The first-order chi connectivity index (χ1) is 8.25. The van der Waals surface area contributed by atoms with Crippen LogP contribution in [-0.4, -0.2) is 45.4 Å². The van der Waals surface area contributed by atoms with E-state index in [2.05, 4.69) is 9.97 Å². The summed E-state index contributed by atoms with van der Waals surface area (Å²) in [6.07, 6.45) is 4.44. The number of amides is 2. The van der Waals surface area contributed by atoms with Gasteiger partial charge in [0.15, 0.2) is 0 Å². The van der Waals surface area contributed by atoms with Gasteiger partial charge in [-0.1, -0.05) is 0 Å². The van der Waals surface area contributed by atoms with E-state index in [0.29, 0.717) is 25.8 Å². The van der Waals surface area contributed by atoms with Gasteiger partial charge in [-0.25, -0.2) is 4.98 Å². The average molecular weight is 235 g/mol. The Morgan fingerprint density at radius 2 is 2.06 bits per heavy atom. The third-order valence-electron chi connectivity index (χ3n) is 3.23. The van der Waals surface area contributed by atoms with Crippen molar-refractivity contribution in [1.82, 2.24) is 14.9 Å². The normalized spacial score (nSPS) is 27.9. The molecule has 0 radical (unpaired) electrons. The molecule has 90 valence electrons. The lowest BCUT2D eigenvalue weighted by molar-refractivity contribution is -0.168. The Hall–Kier alpha value is -1.69. The molecule has 2 bridgehead atoms. The number of rotatable bonds is 3. The second kappa shape index (κ2) is 3.96. The van der Waals surface area contributed by atoms with Crippen molar-refractivity contribution in [2.75, 3.05) is 6.54 Å². The van der Waals surface area contributed by atoms with Crippen molar-refractivity contribution in [1.29, 1.82) is 0 Å². The number of ether oxygens (including phenoxy) is 1. The number of nitrogens with zero attached hydrogens (tertiary/aromatic N) is 2. The van der Waals surface area contributed by atoms with Crippen LogP contribution in [0.4, 0.5) is 0 Å². The summed E-state index contributed by atoms with van der Waals surface area (Å²) in [4.78, 5) is 32.1. The van der Waals surface area contributed by atoms with Crippen LogP contribution in [0.5, 0.6) is 0 Å². The number of H-pyrrole nitrogens is 1. The number of nitrogens with one attached hydrogen (secondary N) is 1. The van der Waals surface area contributed by atoms with Gasteiger partial charge in [0.25, 0.3) is 11.8 Å². The topological polar surface area (TPSA) is 75.3 Å². The molecule has 6 heteroatoms. The molecule has 1 aromatic heterocycles. The minimum Gasteiger partial charge on any atom is -0.355 e. The second-order valence-corrected chi connectivity index (χ2v) is 4.30. The molecule has 2 fully saturated rings. The highest BCUT2D eigenvalue weighted by atomic mass is 16.5. The van der Waals surface area contributed by atoms with Gasteiger partial charge >= 0.3 is 0 Å².